The largest absolute Gasteiger partial charge is 0.497 e. The molecule has 132 valence electrons. The summed E-state index contributed by atoms with van der Waals surface area (Å²) in [7, 11) is 3.00. The first kappa shape index (κ1) is 18.3. The number of esters is 1. The molecule has 0 aliphatic carbocycles. The van der Waals surface area contributed by atoms with Crippen LogP contribution in [0.25, 0.3) is 0 Å². The summed E-state index contributed by atoms with van der Waals surface area (Å²) in [6.07, 6.45) is 1.88. The smallest absolute Gasteiger partial charge is 0.305 e. The van der Waals surface area contributed by atoms with E-state index in [4.69, 9.17) is 9.47 Å². The molecule has 6 heteroatoms. The van der Waals surface area contributed by atoms with Gasteiger partial charge in [0.1, 0.15) is 5.75 Å². The number of morpholine rings is 1. The molecule has 0 aromatic heterocycles. The monoisotopic (exact) mass is 335 g/mol. The molecule has 6 nitrogen and oxygen atoms in total. The quantitative estimate of drug-likeness (QED) is 0.711. The van der Waals surface area contributed by atoms with Gasteiger partial charge in [-0.1, -0.05) is 12.1 Å². The Kier molecular flexibility index (Phi) is 7.06. The Hall–Kier alpha value is -2.08. The molecule has 0 spiro atoms. The van der Waals surface area contributed by atoms with E-state index in [2.05, 4.69) is 4.74 Å². The van der Waals surface area contributed by atoms with Crippen LogP contribution < -0.4 is 4.74 Å². The van der Waals surface area contributed by atoms with Crippen molar-refractivity contribution in [3.05, 3.63) is 29.8 Å². The van der Waals surface area contributed by atoms with Gasteiger partial charge in [-0.3, -0.25) is 9.59 Å². The maximum absolute atomic E-state index is 12.3. The number of nitrogens with zero attached hydrogens (tertiary/aromatic N) is 1. The molecular weight excluding hydrogens is 310 g/mol. The maximum atomic E-state index is 12.3. The van der Waals surface area contributed by atoms with Gasteiger partial charge in [0.2, 0.25) is 5.91 Å². The Morgan fingerprint density at radius 1 is 1.29 bits per heavy atom. The molecule has 0 saturated carbocycles. The molecule has 1 aliphatic heterocycles. The van der Waals surface area contributed by atoms with Crippen molar-refractivity contribution >= 4 is 11.9 Å². The molecule has 1 saturated heterocycles. The zero-order chi connectivity index (χ0) is 17.4. The van der Waals surface area contributed by atoms with E-state index in [-0.39, 0.29) is 24.4 Å². The molecular formula is C18H25NO5. The molecule has 2 rings (SSSR count). The molecule has 1 aromatic rings. The summed E-state index contributed by atoms with van der Waals surface area (Å²) in [5, 5.41) is 0. The maximum Gasteiger partial charge on any atom is 0.305 e. The van der Waals surface area contributed by atoms with Crippen LogP contribution >= 0.6 is 0 Å². The van der Waals surface area contributed by atoms with E-state index in [1.54, 1.807) is 7.11 Å². The highest BCUT2D eigenvalue weighted by Crippen LogP contribution is 2.17. The molecule has 1 amide bonds. The predicted molar refractivity (Wildman–Crippen MR) is 88.9 cm³/mol. The van der Waals surface area contributed by atoms with Gasteiger partial charge in [-0.25, -0.2) is 0 Å². The third-order valence-corrected chi connectivity index (χ3v) is 4.09. The molecule has 1 unspecified atom stereocenters. The molecule has 0 N–H and O–H groups in total. The third-order valence-electron chi connectivity index (χ3n) is 4.09. The summed E-state index contributed by atoms with van der Waals surface area (Å²) < 4.78 is 15.6. The normalized spacial score (nSPS) is 17.4. The average molecular weight is 335 g/mol. The Morgan fingerprint density at radius 3 is 2.88 bits per heavy atom. The highest BCUT2D eigenvalue weighted by Gasteiger charge is 2.24. The van der Waals surface area contributed by atoms with Crippen molar-refractivity contribution in [2.45, 2.75) is 31.8 Å². The first-order valence-corrected chi connectivity index (χ1v) is 8.21. The van der Waals surface area contributed by atoms with Crippen LogP contribution in [-0.2, 0) is 25.5 Å². The van der Waals surface area contributed by atoms with Gasteiger partial charge in [0, 0.05) is 32.4 Å². The van der Waals surface area contributed by atoms with E-state index in [1.165, 1.54) is 7.11 Å². The van der Waals surface area contributed by atoms with Crippen molar-refractivity contribution in [3.63, 3.8) is 0 Å². The van der Waals surface area contributed by atoms with Crippen LogP contribution in [0.2, 0.25) is 0 Å². The van der Waals surface area contributed by atoms with E-state index in [0.717, 1.165) is 17.7 Å². The standard InChI is InChI=1S/C18H25NO5/c1-22-15-6-3-5-14(11-15)12-16-13-19(9-10-24-16)17(20)7-4-8-18(21)23-2/h3,5-6,11,16H,4,7-10,12-13H2,1-2H3. The van der Waals surface area contributed by atoms with E-state index in [0.29, 0.717) is 32.5 Å². The van der Waals surface area contributed by atoms with E-state index >= 15 is 0 Å². The van der Waals surface area contributed by atoms with Crippen molar-refractivity contribution in [1.82, 2.24) is 4.90 Å². The summed E-state index contributed by atoms with van der Waals surface area (Å²) in [6, 6.07) is 7.87. The van der Waals surface area contributed by atoms with Gasteiger partial charge in [0.25, 0.3) is 0 Å². The number of ether oxygens (including phenoxy) is 3. The van der Waals surface area contributed by atoms with Gasteiger partial charge in [-0.05, 0) is 24.1 Å². The van der Waals surface area contributed by atoms with Crippen LogP contribution in [-0.4, -0.2) is 56.8 Å². The third kappa shape index (κ3) is 5.53. The molecule has 0 radical (unpaired) electrons. The Morgan fingerprint density at radius 2 is 2.12 bits per heavy atom. The fourth-order valence-electron chi connectivity index (χ4n) is 2.78. The predicted octanol–water partition coefficient (Wildman–Crippen LogP) is 1.81. The van der Waals surface area contributed by atoms with Gasteiger partial charge in [-0.2, -0.15) is 0 Å². The lowest BCUT2D eigenvalue weighted by atomic mass is 10.1. The highest BCUT2D eigenvalue weighted by atomic mass is 16.5. The fraction of sp³-hybridized carbons (Fsp3) is 0.556. The summed E-state index contributed by atoms with van der Waals surface area (Å²) in [4.78, 5) is 25.2. The Bertz CT molecular complexity index is 560. The van der Waals surface area contributed by atoms with Crippen LogP contribution in [0.5, 0.6) is 5.75 Å². The second-order valence-electron chi connectivity index (χ2n) is 5.82. The van der Waals surface area contributed by atoms with E-state index in [1.807, 2.05) is 29.2 Å². The van der Waals surface area contributed by atoms with Crippen molar-refractivity contribution in [1.29, 1.82) is 0 Å². The summed E-state index contributed by atoms with van der Waals surface area (Å²) in [5.41, 5.74) is 1.12. The van der Waals surface area contributed by atoms with Crippen LogP contribution in [0, 0.1) is 0 Å². The fourth-order valence-corrected chi connectivity index (χ4v) is 2.78. The van der Waals surface area contributed by atoms with E-state index in [9.17, 15) is 9.59 Å². The van der Waals surface area contributed by atoms with Crippen molar-refractivity contribution in [3.8, 4) is 5.75 Å². The minimum absolute atomic E-state index is 0.0181. The first-order chi connectivity index (χ1) is 11.6. The highest BCUT2D eigenvalue weighted by molar-refractivity contribution is 5.77. The number of amides is 1. The Balaban J connectivity index is 1.82. The van der Waals surface area contributed by atoms with Gasteiger partial charge in [0.05, 0.1) is 26.9 Å². The molecule has 1 aromatic carbocycles. The SMILES string of the molecule is COC(=O)CCCC(=O)N1CCOC(Cc2cccc(OC)c2)C1. The minimum atomic E-state index is -0.277. The molecule has 24 heavy (non-hydrogen) atoms. The van der Waals surface area contributed by atoms with Crippen molar-refractivity contribution in [2.75, 3.05) is 33.9 Å². The number of hydrogen-bond donors (Lipinski definition) is 0. The second-order valence-corrected chi connectivity index (χ2v) is 5.82. The lowest BCUT2D eigenvalue weighted by Gasteiger charge is -2.33. The van der Waals surface area contributed by atoms with Crippen molar-refractivity contribution in [2.24, 2.45) is 0 Å². The van der Waals surface area contributed by atoms with Crippen LogP contribution in [0.1, 0.15) is 24.8 Å². The first-order valence-electron chi connectivity index (χ1n) is 8.21. The molecule has 1 fully saturated rings. The second kappa shape index (κ2) is 9.27. The van der Waals surface area contributed by atoms with Gasteiger partial charge >= 0.3 is 5.97 Å². The topological polar surface area (TPSA) is 65.1 Å². The van der Waals surface area contributed by atoms with Crippen LogP contribution in [0.3, 0.4) is 0 Å². The summed E-state index contributed by atoms with van der Waals surface area (Å²) in [5.74, 6) is 0.609. The van der Waals surface area contributed by atoms with Crippen molar-refractivity contribution < 1.29 is 23.8 Å². The molecule has 1 aliphatic rings. The zero-order valence-corrected chi connectivity index (χ0v) is 14.3. The lowest BCUT2D eigenvalue weighted by molar-refractivity contribution is -0.141. The summed E-state index contributed by atoms with van der Waals surface area (Å²) in [6.45, 7) is 1.72. The number of hydrogen-bond acceptors (Lipinski definition) is 5. The number of rotatable bonds is 7. The molecule has 1 heterocycles. The summed E-state index contributed by atoms with van der Waals surface area (Å²) >= 11 is 0. The van der Waals surface area contributed by atoms with Crippen LogP contribution in [0.15, 0.2) is 24.3 Å². The Labute approximate surface area is 142 Å². The number of carbonyl (C=O) groups is 2. The van der Waals surface area contributed by atoms with Gasteiger partial charge in [0.15, 0.2) is 0 Å². The molecule has 0 bridgehead atoms. The van der Waals surface area contributed by atoms with Crippen LogP contribution in [0.4, 0.5) is 0 Å². The molecule has 1 atom stereocenters. The average Bonchev–Trinajstić information content (AvgIpc) is 2.61. The zero-order valence-electron chi connectivity index (χ0n) is 14.3. The lowest BCUT2D eigenvalue weighted by Crippen LogP contribution is -2.46. The number of methoxy groups -OCH3 is 2. The van der Waals surface area contributed by atoms with E-state index < -0.39 is 0 Å². The van der Waals surface area contributed by atoms with Gasteiger partial charge < -0.3 is 19.1 Å². The van der Waals surface area contributed by atoms with Gasteiger partial charge in [-0.15, -0.1) is 0 Å². The number of benzene rings is 1. The number of carbonyl (C=O) groups excluding carboxylic acids is 2. The minimum Gasteiger partial charge on any atom is -0.497 e.